The second kappa shape index (κ2) is 10.7. The second-order valence-corrected chi connectivity index (χ2v) is 9.29. The molecule has 2 aliphatic carbocycles. The third-order valence-corrected chi connectivity index (χ3v) is 6.62. The van der Waals surface area contributed by atoms with E-state index in [0.717, 1.165) is 41.5 Å². The van der Waals surface area contributed by atoms with Crippen LogP contribution in [0.3, 0.4) is 0 Å². The summed E-state index contributed by atoms with van der Waals surface area (Å²) in [5.41, 5.74) is 4.55. The molecule has 0 saturated heterocycles. The van der Waals surface area contributed by atoms with Gasteiger partial charge in [-0.3, -0.25) is 9.59 Å². The van der Waals surface area contributed by atoms with Crippen LogP contribution in [0.1, 0.15) is 62.5 Å². The first-order chi connectivity index (χ1) is 16.5. The molecule has 2 atom stereocenters. The summed E-state index contributed by atoms with van der Waals surface area (Å²) in [7, 11) is 0. The Labute approximate surface area is 199 Å². The maximum Gasteiger partial charge on any atom is 0.407 e. The first kappa shape index (κ1) is 23.8. The minimum atomic E-state index is -0.956. The van der Waals surface area contributed by atoms with Crippen molar-refractivity contribution in [2.45, 2.75) is 63.5 Å². The molecule has 2 amide bonds. The monoisotopic (exact) mass is 464 g/mol. The number of rotatable bonds is 11. The van der Waals surface area contributed by atoms with E-state index in [0.29, 0.717) is 18.8 Å². The smallest absolute Gasteiger partial charge is 0.407 e. The quantitative estimate of drug-likeness (QED) is 0.456. The van der Waals surface area contributed by atoms with Crippen molar-refractivity contribution in [1.29, 1.82) is 0 Å². The Hall–Kier alpha value is -3.35. The zero-order chi connectivity index (χ0) is 24.1. The number of carboxylic acid groups (broad SMARTS) is 1. The van der Waals surface area contributed by atoms with E-state index in [1.165, 1.54) is 0 Å². The third kappa shape index (κ3) is 5.76. The Morgan fingerprint density at radius 1 is 1.00 bits per heavy atom. The predicted octanol–water partition coefficient (Wildman–Crippen LogP) is 4.45. The maximum absolute atomic E-state index is 12.9. The van der Waals surface area contributed by atoms with Crippen molar-refractivity contribution < 1.29 is 24.2 Å². The number of amides is 2. The van der Waals surface area contributed by atoms with E-state index in [2.05, 4.69) is 34.9 Å². The summed E-state index contributed by atoms with van der Waals surface area (Å²) >= 11 is 0. The van der Waals surface area contributed by atoms with Crippen molar-refractivity contribution in [3.8, 4) is 11.1 Å². The van der Waals surface area contributed by atoms with Gasteiger partial charge >= 0.3 is 12.1 Å². The van der Waals surface area contributed by atoms with Gasteiger partial charge in [0.2, 0.25) is 5.91 Å². The maximum atomic E-state index is 12.9. The fourth-order valence-corrected chi connectivity index (χ4v) is 4.79. The number of carbonyl (C=O) groups excluding carboxylic acids is 2. The Morgan fingerprint density at radius 2 is 1.62 bits per heavy atom. The molecule has 0 heterocycles. The van der Waals surface area contributed by atoms with Crippen molar-refractivity contribution >= 4 is 18.0 Å². The van der Waals surface area contributed by atoms with E-state index in [4.69, 9.17) is 9.84 Å². The molecule has 2 aromatic rings. The number of hydrogen-bond donors (Lipinski definition) is 3. The molecular formula is C27H32N2O5. The molecule has 7 heteroatoms. The normalized spacial score (nSPS) is 16.1. The van der Waals surface area contributed by atoms with Crippen LogP contribution in [0.15, 0.2) is 48.5 Å². The Bertz CT molecular complexity index is 1000. The molecular weight excluding hydrogens is 432 g/mol. The molecule has 3 N–H and O–H groups in total. The SMILES string of the molecule is CCC[C@H](CC(=O)O)NC(=O)[C@H](CC1CC1)NC(=O)OCC1c2ccccc2-c2ccccc21. The topological polar surface area (TPSA) is 105 Å². The minimum Gasteiger partial charge on any atom is -0.481 e. The third-order valence-electron chi connectivity index (χ3n) is 6.62. The van der Waals surface area contributed by atoms with Gasteiger partial charge in [0.1, 0.15) is 12.6 Å². The molecule has 4 rings (SSSR count). The van der Waals surface area contributed by atoms with Crippen molar-refractivity contribution in [3.05, 3.63) is 59.7 Å². The molecule has 1 saturated carbocycles. The fourth-order valence-electron chi connectivity index (χ4n) is 4.79. The summed E-state index contributed by atoms with van der Waals surface area (Å²) in [5.74, 6) is -0.964. The summed E-state index contributed by atoms with van der Waals surface area (Å²) in [6.07, 6.45) is 3.15. The van der Waals surface area contributed by atoms with Crippen LogP contribution >= 0.6 is 0 Å². The van der Waals surface area contributed by atoms with E-state index in [1.807, 2.05) is 31.2 Å². The van der Waals surface area contributed by atoms with Gasteiger partial charge in [-0.05, 0) is 41.0 Å². The largest absolute Gasteiger partial charge is 0.481 e. The van der Waals surface area contributed by atoms with Crippen LogP contribution in [-0.2, 0) is 14.3 Å². The van der Waals surface area contributed by atoms with Gasteiger partial charge in [-0.15, -0.1) is 0 Å². The number of benzene rings is 2. The number of carboxylic acids is 1. The van der Waals surface area contributed by atoms with Crippen LogP contribution in [0, 0.1) is 5.92 Å². The molecule has 0 radical (unpaired) electrons. The average molecular weight is 465 g/mol. The molecule has 180 valence electrons. The van der Waals surface area contributed by atoms with Crippen LogP contribution in [0.2, 0.25) is 0 Å². The predicted molar refractivity (Wildman–Crippen MR) is 128 cm³/mol. The Balaban J connectivity index is 1.39. The number of fused-ring (bicyclic) bond motifs is 3. The molecule has 1 fully saturated rings. The first-order valence-electron chi connectivity index (χ1n) is 12.1. The van der Waals surface area contributed by atoms with Crippen molar-refractivity contribution in [2.24, 2.45) is 5.92 Å². The van der Waals surface area contributed by atoms with E-state index in [1.54, 1.807) is 0 Å². The summed E-state index contributed by atoms with van der Waals surface area (Å²) in [5, 5.41) is 14.7. The van der Waals surface area contributed by atoms with Crippen LogP contribution < -0.4 is 10.6 Å². The summed E-state index contributed by atoms with van der Waals surface area (Å²) in [4.78, 5) is 36.8. The highest BCUT2D eigenvalue weighted by Gasteiger charge is 2.33. The number of nitrogens with one attached hydrogen (secondary N) is 2. The van der Waals surface area contributed by atoms with Gasteiger partial charge in [-0.1, -0.05) is 74.7 Å². The van der Waals surface area contributed by atoms with E-state index in [9.17, 15) is 14.4 Å². The zero-order valence-electron chi connectivity index (χ0n) is 19.5. The lowest BCUT2D eigenvalue weighted by Gasteiger charge is -2.23. The molecule has 0 aromatic heterocycles. The van der Waals surface area contributed by atoms with Gasteiger partial charge in [0.15, 0.2) is 0 Å². The molecule has 2 aromatic carbocycles. The van der Waals surface area contributed by atoms with Crippen molar-refractivity contribution in [3.63, 3.8) is 0 Å². The highest BCUT2D eigenvalue weighted by atomic mass is 16.5. The van der Waals surface area contributed by atoms with E-state index < -0.39 is 24.1 Å². The molecule has 0 bridgehead atoms. The van der Waals surface area contributed by atoms with Crippen LogP contribution in [0.25, 0.3) is 11.1 Å². The highest BCUT2D eigenvalue weighted by molar-refractivity contribution is 5.86. The minimum absolute atomic E-state index is 0.0571. The van der Waals surface area contributed by atoms with Gasteiger partial charge in [-0.25, -0.2) is 4.79 Å². The van der Waals surface area contributed by atoms with Crippen molar-refractivity contribution in [1.82, 2.24) is 10.6 Å². The molecule has 0 unspecified atom stereocenters. The van der Waals surface area contributed by atoms with Crippen LogP contribution in [0.5, 0.6) is 0 Å². The van der Waals surface area contributed by atoms with Gasteiger partial charge < -0.3 is 20.5 Å². The lowest BCUT2D eigenvalue weighted by atomic mass is 9.98. The lowest BCUT2D eigenvalue weighted by molar-refractivity contribution is -0.137. The lowest BCUT2D eigenvalue weighted by Crippen LogP contribution is -2.50. The molecule has 34 heavy (non-hydrogen) atoms. The molecule has 0 aliphatic heterocycles. The molecule has 0 spiro atoms. The zero-order valence-corrected chi connectivity index (χ0v) is 19.5. The number of aliphatic carboxylic acids is 1. The molecule has 2 aliphatic rings. The van der Waals surface area contributed by atoms with E-state index in [-0.39, 0.29) is 24.9 Å². The Morgan fingerprint density at radius 3 is 2.18 bits per heavy atom. The standard InChI is InChI=1S/C27H32N2O5/c1-2-7-18(15-25(30)31)28-26(32)24(14-17-12-13-17)29-27(33)34-16-23-21-10-5-3-8-19(21)20-9-4-6-11-22(20)23/h3-6,8-11,17-18,23-24H,2,7,12-16H2,1H3,(H,28,32)(H,29,33)(H,30,31)/t18-,24+/m1/s1. The molecule has 7 nitrogen and oxygen atoms in total. The van der Waals surface area contributed by atoms with Gasteiger partial charge in [-0.2, -0.15) is 0 Å². The van der Waals surface area contributed by atoms with Gasteiger partial charge in [0, 0.05) is 12.0 Å². The summed E-state index contributed by atoms with van der Waals surface area (Å²) in [6.45, 7) is 2.12. The number of alkyl carbamates (subject to hydrolysis) is 1. The van der Waals surface area contributed by atoms with Gasteiger partial charge in [0.25, 0.3) is 0 Å². The average Bonchev–Trinajstić information content (AvgIpc) is 3.57. The van der Waals surface area contributed by atoms with E-state index >= 15 is 0 Å². The van der Waals surface area contributed by atoms with Crippen LogP contribution in [-0.4, -0.2) is 41.8 Å². The number of carbonyl (C=O) groups is 3. The second-order valence-electron chi connectivity index (χ2n) is 9.29. The van der Waals surface area contributed by atoms with Gasteiger partial charge in [0.05, 0.1) is 6.42 Å². The highest BCUT2D eigenvalue weighted by Crippen LogP contribution is 2.44. The number of ether oxygens (including phenoxy) is 1. The summed E-state index contributed by atoms with van der Waals surface area (Å²) in [6, 6.07) is 15.0. The first-order valence-corrected chi connectivity index (χ1v) is 12.1. The van der Waals surface area contributed by atoms with Crippen LogP contribution in [0.4, 0.5) is 4.79 Å². The van der Waals surface area contributed by atoms with Crippen molar-refractivity contribution in [2.75, 3.05) is 6.61 Å². The number of hydrogen-bond acceptors (Lipinski definition) is 4. The summed E-state index contributed by atoms with van der Waals surface area (Å²) < 4.78 is 5.62. The fraction of sp³-hybridized carbons (Fsp3) is 0.444. The Kier molecular flexibility index (Phi) is 7.50.